The summed E-state index contributed by atoms with van der Waals surface area (Å²) >= 11 is 0. The zero-order valence-corrected chi connectivity index (χ0v) is 17.7. The summed E-state index contributed by atoms with van der Waals surface area (Å²) in [7, 11) is 0. The van der Waals surface area contributed by atoms with Gasteiger partial charge in [-0.05, 0) is 56.3 Å². The number of nitrogens with one attached hydrogen (secondary N) is 2. The monoisotopic (exact) mass is 481 g/mol. The molecule has 12 heteroatoms. The summed E-state index contributed by atoms with van der Waals surface area (Å²) < 4.78 is 82.6. The maximum absolute atomic E-state index is 12.9. The second-order valence-corrected chi connectivity index (χ2v) is 8.29. The molecular weight excluding hydrogens is 456 g/mol. The maximum Gasteiger partial charge on any atom is 0.416 e. The molecule has 0 bridgehead atoms. The Hall–Kier alpha value is -2.50. The highest BCUT2D eigenvalue weighted by Gasteiger charge is 2.37. The molecule has 1 aromatic rings. The van der Waals surface area contributed by atoms with Gasteiger partial charge in [-0.15, -0.1) is 0 Å². The number of benzene rings is 1. The van der Waals surface area contributed by atoms with Gasteiger partial charge in [-0.25, -0.2) is 4.79 Å². The van der Waals surface area contributed by atoms with Crippen LogP contribution in [0.5, 0.6) is 0 Å². The predicted molar refractivity (Wildman–Crippen MR) is 106 cm³/mol. The molecule has 2 aliphatic rings. The van der Waals surface area contributed by atoms with E-state index in [0.717, 1.165) is 25.8 Å². The van der Waals surface area contributed by atoms with Crippen LogP contribution in [-0.4, -0.2) is 49.2 Å². The third kappa shape index (κ3) is 6.99. The molecule has 2 amide bonds. The molecule has 0 spiro atoms. The molecule has 2 N–H and O–H groups in total. The number of hydrogen-bond acceptors (Lipinski definition) is 4. The van der Waals surface area contributed by atoms with Crippen LogP contribution in [0.1, 0.15) is 43.2 Å². The van der Waals surface area contributed by atoms with Crippen molar-refractivity contribution in [3.8, 4) is 0 Å². The molecule has 184 valence electrons. The second-order valence-electron chi connectivity index (χ2n) is 8.29. The van der Waals surface area contributed by atoms with Gasteiger partial charge in [0.25, 0.3) is 0 Å². The number of amides is 2. The lowest BCUT2D eigenvalue weighted by molar-refractivity contribution is -0.143. The van der Waals surface area contributed by atoms with Crippen molar-refractivity contribution in [2.24, 2.45) is 5.92 Å². The van der Waals surface area contributed by atoms with Gasteiger partial charge in [-0.3, -0.25) is 10.1 Å². The largest absolute Gasteiger partial charge is 0.449 e. The number of anilines is 1. The summed E-state index contributed by atoms with van der Waals surface area (Å²) in [6.45, 7) is 1.75. The van der Waals surface area contributed by atoms with E-state index in [2.05, 4.69) is 5.32 Å². The van der Waals surface area contributed by atoms with Gasteiger partial charge in [0, 0.05) is 18.8 Å². The van der Waals surface area contributed by atoms with Crippen molar-refractivity contribution in [3.05, 3.63) is 29.3 Å². The fourth-order valence-electron chi connectivity index (χ4n) is 3.98. The molecule has 0 saturated carbocycles. The predicted octanol–water partition coefficient (Wildman–Crippen LogP) is 4.65. The van der Waals surface area contributed by atoms with Crippen molar-refractivity contribution in [1.82, 2.24) is 10.2 Å². The quantitative estimate of drug-likeness (QED) is 0.615. The van der Waals surface area contributed by atoms with E-state index in [1.165, 1.54) is 0 Å². The molecule has 3 rings (SSSR count). The highest BCUT2D eigenvalue weighted by molar-refractivity contribution is 5.85. The van der Waals surface area contributed by atoms with Gasteiger partial charge < -0.3 is 15.0 Å². The average Bonchev–Trinajstić information content (AvgIpc) is 2.77. The first kappa shape index (κ1) is 25.1. The summed E-state index contributed by atoms with van der Waals surface area (Å²) in [5.41, 5.74) is -3.73. The number of carbonyl (C=O) groups excluding carboxylic acids is 2. The lowest BCUT2D eigenvalue weighted by Crippen LogP contribution is -2.51. The Kier molecular flexibility index (Phi) is 7.76. The molecule has 2 saturated heterocycles. The number of nitrogens with zero attached hydrogens (tertiary/aromatic N) is 1. The standard InChI is InChI=1S/C21H25F6N3O3/c22-20(23,24)14-9-15(21(25,26)27)11-16(10-14)29-19(32)33-12-13-4-7-30(8-5-13)18(31)17-3-1-2-6-28-17/h9-11,13,17,28H,1-8,12H2,(H,29,32)/t17-/m1/s1. The normalized spacial score (nSPS) is 20.4. The molecule has 2 heterocycles. The lowest BCUT2D eigenvalue weighted by atomic mass is 9.96. The van der Waals surface area contributed by atoms with Crippen LogP contribution in [0.15, 0.2) is 18.2 Å². The van der Waals surface area contributed by atoms with Crippen molar-refractivity contribution >= 4 is 17.7 Å². The molecule has 2 fully saturated rings. The Labute approximate surface area is 186 Å². The van der Waals surface area contributed by atoms with Crippen LogP contribution in [0, 0.1) is 5.92 Å². The van der Waals surface area contributed by atoms with E-state index >= 15 is 0 Å². The smallest absolute Gasteiger partial charge is 0.416 e. The third-order valence-corrected chi connectivity index (χ3v) is 5.82. The van der Waals surface area contributed by atoms with E-state index in [1.807, 2.05) is 5.32 Å². The SMILES string of the molecule is O=C(Nc1cc(C(F)(F)F)cc(C(F)(F)F)c1)OCC1CCN(C(=O)[C@H]2CCCCN2)CC1. The Bertz CT molecular complexity index is 812. The fourth-order valence-corrected chi connectivity index (χ4v) is 3.98. The van der Waals surface area contributed by atoms with E-state index in [4.69, 9.17) is 4.74 Å². The Morgan fingerprint density at radius 2 is 1.58 bits per heavy atom. The van der Waals surface area contributed by atoms with Gasteiger partial charge in [0.2, 0.25) is 5.91 Å². The van der Waals surface area contributed by atoms with Gasteiger partial charge in [-0.1, -0.05) is 6.42 Å². The van der Waals surface area contributed by atoms with Crippen LogP contribution < -0.4 is 10.6 Å². The molecule has 2 aliphatic heterocycles. The van der Waals surface area contributed by atoms with Crippen molar-refractivity contribution in [2.45, 2.75) is 50.5 Å². The summed E-state index contributed by atoms with van der Waals surface area (Å²) in [6, 6.07) is 0.639. The Morgan fingerprint density at radius 3 is 2.09 bits per heavy atom. The van der Waals surface area contributed by atoms with Gasteiger partial charge in [0.05, 0.1) is 23.8 Å². The third-order valence-electron chi connectivity index (χ3n) is 5.82. The molecule has 0 unspecified atom stereocenters. The molecule has 0 radical (unpaired) electrons. The topological polar surface area (TPSA) is 70.7 Å². The average molecular weight is 481 g/mol. The zero-order chi connectivity index (χ0) is 24.2. The molecule has 6 nitrogen and oxygen atoms in total. The number of carbonyl (C=O) groups is 2. The van der Waals surface area contributed by atoms with E-state index in [1.54, 1.807) is 4.90 Å². The first-order valence-corrected chi connectivity index (χ1v) is 10.7. The van der Waals surface area contributed by atoms with E-state index in [0.29, 0.717) is 38.1 Å². The van der Waals surface area contributed by atoms with Crippen molar-refractivity contribution in [2.75, 3.05) is 31.6 Å². The lowest BCUT2D eigenvalue weighted by Gasteiger charge is -2.35. The van der Waals surface area contributed by atoms with Crippen LogP contribution in [-0.2, 0) is 21.9 Å². The number of halogens is 6. The number of alkyl halides is 6. The molecule has 0 aliphatic carbocycles. The minimum absolute atomic E-state index is 0.0194. The summed E-state index contributed by atoms with van der Waals surface area (Å²) in [5.74, 6) is -0.0109. The highest BCUT2D eigenvalue weighted by Crippen LogP contribution is 2.37. The van der Waals surface area contributed by atoms with E-state index < -0.39 is 35.3 Å². The number of hydrogen-bond donors (Lipinski definition) is 2. The number of likely N-dealkylation sites (tertiary alicyclic amines) is 1. The minimum atomic E-state index is -5.01. The van der Waals surface area contributed by atoms with Gasteiger partial charge >= 0.3 is 18.4 Å². The van der Waals surface area contributed by atoms with Gasteiger partial charge in [0.15, 0.2) is 0 Å². The van der Waals surface area contributed by atoms with Crippen molar-refractivity contribution < 1.29 is 40.7 Å². The van der Waals surface area contributed by atoms with E-state index in [-0.39, 0.29) is 30.5 Å². The first-order chi connectivity index (χ1) is 15.4. The first-order valence-electron chi connectivity index (χ1n) is 10.7. The molecule has 0 aromatic heterocycles. The fraction of sp³-hybridized carbons (Fsp3) is 0.619. The summed E-state index contributed by atoms with van der Waals surface area (Å²) in [4.78, 5) is 26.3. The summed E-state index contributed by atoms with van der Waals surface area (Å²) in [6.07, 6.45) is -7.18. The minimum Gasteiger partial charge on any atom is -0.449 e. The maximum atomic E-state index is 12.9. The van der Waals surface area contributed by atoms with Crippen LogP contribution in [0.25, 0.3) is 0 Å². The van der Waals surface area contributed by atoms with Crippen molar-refractivity contribution in [1.29, 1.82) is 0 Å². The molecular formula is C21H25F6N3O3. The number of ether oxygens (including phenoxy) is 1. The van der Waals surface area contributed by atoms with Gasteiger partial charge in [0.1, 0.15) is 0 Å². The van der Waals surface area contributed by atoms with Crippen LogP contribution in [0.3, 0.4) is 0 Å². The Balaban J connectivity index is 1.50. The van der Waals surface area contributed by atoms with Crippen molar-refractivity contribution in [3.63, 3.8) is 0 Å². The van der Waals surface area contributed by atoms with Gasteiger partial charge in [-0.2, -0.15) is 26.3 Å². The van der Waals surface area contributed by atoms with E-state index in [9.17, 15) is 35.9 Å². The summed E-state index contributed by atoms with van der Waals surface area (Å²) in [5, 5.41) is 5.15. The molecule has 1 atom stereocenters. The highest BCUT2D eigenvalue weighted by atomic mass is 19.4. The number of rotatable bonds is 4. The molecule has 33 heavy (non-hydrogen) atoms. The Morgan fingerprint density at radius 1 is 0.970 bits per heavy atom. The number of piperidine rings is 2. The molecule has 1 aromatic carbocycles. The van der Waals surface area contributed by atoms with Crippen LogP contribution >= 0.6 is 0 Å². The van der Waals surface area contributed by atoms with Crippen LogP contribution in [0.2, 0.25) is 0 Å². The van der Waals surface area contributed by atoms with Crippen LogP contribution in [0.4, 0.5) is 36.8 Å². The zero-order valence-electron chi connectivity index (χ0n) is 17.7. The second kappa shape index (κ2) is 10.2.